The first kappa shape index (κ1) is 83.3. The average molecular weight is 1810 g/mol. The van der Waals surface area contributed by atoms with Crippen LogP contribution in [0.15, 0.2) is 267 Å². The van der Waals surface area contributed by atoms with Crippen molar-refractivity contribution in [2.45, 2.75) is 0 Å². The van der Waals surface area contributed by atoms with Gasteiger partial charge in [0.25, 0.3) is 0 Å². The standard InChI is InChI=1S/4C27H18N4O2.Zr/c4*32-27(33)17-3-1-16(2-4-17)25-14-24-13-22-8-7-20(29-22)11-18-5-6-19(28-18)12-21-9-10-23(30-21)15-26(25)31-24;/h4*1-15,29,31H,(H,32,33);/q;;;;+4/p-4. The predicted molar refractivity (Wildman–Crippen MR) is 514 cm³/mol. The maximum Gasteiger partial charge on any atom is 4.00 e. The second-order valence-electron chi connectivity index (χ2n) is 31.8. The number of nitrogens with zero attached hydrogens (tertiary/aromatic N) is 8. The number of carboxylic acids is 4. The van der Waals surface area contributed by atoms with Gasteiger partial charge in [-0.1, -0.05) is 97.1 Å². The molecule has 0 saturated carbocycles. The van der Waals surface area contributed by atoms with Gasteiger partial charge in [0, 0.05) is 111 Å². The zero-order chi connectivity index (χ0) is 89.5. The Labute approximate surface area is 774 Å². The van der Waals surface area contributed by atoms with Crippen LogP contribution >= 0.6 is 0 Å². The Kier molecular flexibility index (Phi) is 22.4. The average Bonchev–Trinajstić information content (AvgIpc) is 1.67. The number of carboxylic acid groups (broad SMARTS) is 4. The monoisotopic (exact) mass is 1810 g/mol. The van der Waals surface area contributed by atoms with Gasteiger partial charge in [-0.2, -0.15) is 0 Å². The number of hydrogen-bond acceptors (Lipinski definition) is 16. The van der Waals surface area contributed by atoms with Gasteiger partial charge >= 0.3 is 26.2 Å². The molecule has 8 N–H and O–H groups in total. The van der Waals surface area contributed by atoms with Crippen LogP contribution in [0.25, 0.3) is 230 Å². The molecule has 24 nitrogen and oxygen atoms in total. The molecule has 32 bridgehead atoms. The molecule has 16 aromatic rings. The number of fused-ring (bicyclic) bond motifs is 32. The molecular formula is C108H68N16O8Zr. The van der Waals surface area contributed by atoms with Crippen molar-refractivity contribution in [3.8, 4) is 44.5 Å². The van der Waals surface area contributed by atoms with E-state index >= 15 is 0 Å². The number of carbonyl (C=O) groups excluding carboxylic acids is 4. The number of benzene rings is 4. The zero-order valence-electron chi connectivity index (χ0n) is 70.0. The van der Waals surface area contributed by atoms with Gasteiger partial charge in [-0.3, -0.25) is 0 Å². The minimum Gasteiger partial charge on any atom is -0.545 e. The van der Waals surface area contributed by atoms with Crippen molar-refractivity contribution in [3.63, 3.8) is 0 Å². The fourth-order valence-electron chi connectivity index (χ4n) is 16.2. The van der Waals surface area contributed by atoms with Gasteiger partial charge in [0.05, 0.1) is 115 Å². The number of aromatic nitrogens is 16. The number of rotatable bonds is 8. The van der Waals surface area contributed by atoms with Crippen molar-refractivity contribution in [3.05, 3.63) is 380 Å². The molecule has 0 radical (unpaired) electrons. The maximum absolute atomic E-state index is 11.1. The van der Waals surface area contributed by atoms with E-state index in [0.29, 0.717) is 0 Å². The van der Waals surface area contributed by atoms with E-state index in [0.717, 1.165) is 224 Å². The number of aromatic carboxylic acids is 4. The van der Waals surface area contributed by atoms with E-state index in [1.807, 2.05) is 267 Å². The van der Waals surface area contributed by atoms with Crippen LogP contribution in [0.5, 0.6) is 0 Å². The van der Waals surface area contributed by atoms with Gasteiger partial charge in [0.15, 0.2) is 0 Å². The van der Waals surface area contributed by atoms with E-state index in [1.54, 1.807) is 97.1 Å². The Balaban J connectivity index is 0.000000110. The third kappa shape index (κ3) is 19.1. The van der Waals surface area contributed by atoms with Gasteiger partial charge in [-0.15, -0.1) is 0 Å². The van der Waals surface area contributed by atoms with E-state index in [9.17, 15) is 39.6 Å². The van der Waals surface area contributed by atoms with Crippen LogP contribution < -0.4 is 20.4 Å². The summed E-state index contributed by atoms with van der Waals surface area (Å²) in [6.07, 6.45) is 31.5. The fourth-order valence-corrected chi connectivity index (χ4v) is 16.2. The van der Waals surface area contributed by atoms with Crippen LogP contribution in [0.2, 0.25) is 0 Å². The number of nitrogens with one attached hydrogen (secondary N) is 8. The molecule has 20 heterocycles. The Morgan fingerprint density at radius 1 is 0.165 bits per heavy atom. The number of carbonyl (C=O) groups is 4. The topological polar surface area (TPSA) is 390 Å². The summed E-state index contributed by atoms with van der Waals surface area (Å²) < 4.78 is 0. The van der Waals surface area contributed by atoms with Crippen molar-refractivity contribution in [2.24, 2.45) is 0 Å². The van der Waals surface area contributed by atoms with E-state index in [2.05, 4.69) is 59.8 Å². The SMILES string of the molecule is O=C([O-])c1ccc(-c2cc3cc4ccc(cc5nc(cc6nc(cc2[nH]3)C=C6)C=C5)[nH]4)cc1.O=C([O-])c1ccc(-c2cc3cc4ccc(cc5nc(cc6nc(cc2[nH]3)C=C6)C=C5)[nH]4)cc1.O=C([O-])c1ccc(-c2cc3cc4ccc(cc5nc(cc6nc(cc2[nH]3)C=C6)C=C5)[nH]4)cc1.O=C([O-])c1ccc(-c2cc3cc4ccc(cc5nc(cc6nc(cc2[nH]3)C=C6)C=C5)[nH]4)cc1.[Zr+4]. The van der Waals surface area contributed by atoms with Crippen LogP contribution in [-0.4, -0.2) is 104 Å². The summed E-state index contributed by atoms with van der Waals surface area (Å²) in [5, 5.41) is 44.6. The van der Waals surface area contributed by atoms with Gasteiger partial charge in [-0.25, -0.2) is 39.9 Å². The number of H-pyrrole nitrogens is 8. The predicted octanol–water partition coefficient (Wildman–Crippen LogP) is 18.7. The third-order valence-electron chi connectivity index (χ3n) is 22.4. The molecule has 8 aliphatic rings. The minimum atomic E-state index is -1.19. The summed E-state index contributed by atoms with van der Waals surface area (Å²) in [7, 11) is 0. The molecule has 0 atom stereocenters. The van der Waals surface area contributed by atoms with Crippen molar-refractivity contribution in [2.75, 3.05) is 0 Å². The largest absolute Gasteiger partial charge is 4.00 e. The maximum atomic E-state index is 11.1. The Morgan fingerprint density at radius 2 is 0.316 bits per heavy atom. The van der Waals surface area contributed by atoms with Crippen molar-refractivity contribution >= 4 is 209 Å². The van der Waals surface area contributed by atoms with Crippen LogP contribution in [0, 0.1) is 0 Å². The molecule has 632 valence electrons. The summed E-state index contributed by atoms with van der Waals surface area (Å²) >= 11 is 0. The van der Waals surface area contributed by atoms with Crippen molar-refractivity contribution < 1.29 is 65.8 Å². The number of aromatic amines is 8. The van der Waals surface area contributed by atoms with Crippen LogP contribution in [0.4, 0.5) is 0 Å². The molecule has 0 unspecified atom stereocenters. The molecule has 8 aliphatic heterocycles. The second kappa shape index (κ2) is 35.7. The first-order valence-electron chi connectivity index (χ1n) is 42.0. The van der Waals surface area contributed by atoms with Crippen molar-refractivity contribution in [1.29, 1.82) is 0 Å². The van der Waals surface area contributed by atoms with Gasteiger partial charge in [0.1, 0.15) is 0 Å². The van der Waals surface area contributed by atoms with Gasteiger partial charge in [-0.05, 0) is 312 Å². The van der Waals surface area contributed by atoms with E-state index in [1.165, 1.54) is 0 Å². The molecule has 0 spiro atoms. The molecule has 25 heteroatoms. The normalized spacial score (nSPS) is 12.2. The van der Waals surface area contributed by atoms with Gasteiger partial charge < -0.3 is 79.5 Å². The molecule has 12 aromatic heterocycles. The van der Waals surface area contributed by atoms with Crippen molar-refractivity contribution in [1.82, 2.24) is 79.7 Å². The number of hydrogen-bond donors (Lipinski definition) is 8. The molecule has 4 aromatic carbocycles. The molecule has 0 fully saturated rings. The molecule has 0 saturated heterocycles. The summed E-state index contributed by atoms with van der Waals surface area (Å²) in [6, 6.07) is 83.0. The van der Waals surface area contributed by atoms with Crippen LogP contribution in [0.1, 0.15) is 133 Å². The van der Waals surface area contributed by atoms with E-state index in [-0.39, 0.29) is 48.5 Å². The summed E-state index contributed by atoms with van der Waals surface area (Å²) in [5.41, 5.74) is 36.3. The molecule has 24 rings (SSSR count). The molecule has 0 amide bonds. The Hall–Kier alpha value is -18.0. The fraction of sp³-hybridized carbons (Fsp3) is 0. The Bertz CT molecular complexity index is 7550. The zero-order valence-corrected chi connectivity index (χ0v) is 72.4. The first-order chi connectivity index (χ1) is 64.3. The van der Waals surface area contributed by atoms with E-state index in [4.69, 9.17) is 19.9 Å². The summed E-state index contributed by atoms with van der Waals surface area (Å²) in [5.74, 6) is -4.76. The summed E-state index contributed by atoms with van der Waals surface area (Å²) in [4.78, 5) is 109. The molecule has 0 aliphatic carbocycles. The smallest absolute Gasteiger partial charge is 0.545 e. The summed E-state index contributed by atoms with van der Waals surface area (Å²) in [6.45, 7) is 0. The first-order valence-corrected chi connectivity index (χ1v) is 42.0. The quantitative estimate of drug-likeness (QED) is 0.0700. The molecular weight excluding hydrogens is 1740 g/mol. The third-order valence-corrected chi connectivity index (χ3v) is 22.4. The molecule has 133 heavy (non-hydrogen) atoms. The van der Waals surface area contributed by atoms with Gasteiger partial charge in [0.2, 0.25) is 0 Å². The van der Waals surface area contributed by atoms with E-state index < -0.39 is 23.9 Å². The Morgan fingerprint density at radius 3 is 0.481 bits per heavy atom. The second-order valence-corrected chi connectivity index (χ2v) is 31.8. The minimum absolute atomic E-state index is 0. The van der Waals surface area contributed by atoms with Crippen LogP contribution in [-0.2, 0) is 26.2 Å². The van der Waals surface area contributed by atoms with Crippen LogP contribution in [0.3, 0.4) is 0 Å².